The van der Waals surface area contributed by atoms with Crippen LogP contribution in [0.4, 0.5) is 0 Å². The first kappa shape index (κ1) is 27.4. The van der Waals surface area contributed by atoms with E-state index in [1.54, 1.807) is 0 Å². The minimum atomic E-state index is -0.434. The van der Waals surface area contributed by atoms with Gasteiger partial charge in [-0.25, -0.2) is 0 Å². The quantitative estimate of drug-likeness (QED) is 0.412. The second-order valence-electron chi connectivity index (χ2n) is 12.8. The van der Waals surface area contributed by atoms with Crippen LogP contribution in [0, 0.1) is 46.3 Å². The number of esters is 3. The molecule has 0 heterocycles. The Balaban J connectivity index is 1.62. The van der Waals surface area contributed by atoms with Crippen LogP contribution in [0.3, 0.4) is 0 Å². The summed E-state index contributed by atoms with van der Waals surface area (Å²) in [6.07, 6.45) is 6.59. The van der Waals surface area contributed by atoms with Crippen molar-refractivity contribution in [2.75, 3.05) is 7.11 Å². The van der Waals surface area contributed by atoms with Crippen molar-refractivity contribution in [2.24, 2.45) is 46.3 Å². The Bertz CT molecular complexity index is 857. The van der Waals surface area contributed by atoms with Crippen molar-refractivity contribution in [3.63, 3.8) is 0 Å². The normalized spacial score (nSPS) is 44.4. The molecule has 0 unspecified atom stereocenters. The molecular weight excluding hydrogens is 460 g/mol. The summed E-state index contributed by atoms with van der Waals surface area (Å²) >= 11 is 0. The fourth-order valence-electron chi connectivity index (χ4n) is 9.42. The van der Waals surface area contributed by atoms with Gasteiger partial charge in [0.15, 0.2) is 0 Å². The van der Waals surface area contributed by atoms with Gasteiger partial charge in [-0.15, -0.1) is 0 Å². The molecule has 7 nitrogen and oxygen atoms in total. The van der Waals surface area contributed by atoms with Crippen LogP contribution in [-0.4, -0.2) is 48.4 Å². The number of rotatable bonds is 6. The average Bonchev–Trinajstić information content (AvgIpc) is 3.16. The van der Waals surface area contributed by atoms with Crippen LogP contribution in [0.2, 0.25) is 0 Å². The van der Waals surface area contributed by atoms with E-state index in [4.69, 9.17) is 14.2 Å². The van der Waals surface area contributed by atoms with Gasteiger partial charge in [-0.05, 0) is 91.8 Å². The molecule has 4 rings (SSSR count). The molecule has 0 aliphatic heterocycles. The molecule has 0 aromatic rings. The number of hydrogen-bond donors (Lipinski definition) is 1. The molecule has 0 bridgehead atoms. The zero-order valence-corrected chi connectivity index (χ0v) is 23.0. The third kappa shape index (κ3) is 4.69. The van der Waals surface area contributed by atoms with Crippen molar-refractivity contribution < 1.29 is 33.7 Å². The first-order valence-corrected chi connectivity index (χ1v) is 14.0. The van der Waals surface area contributed by atoms with E-state index in [1.807, 2.05) is 0 Å². The highest BCUT2D eigenvalue weighted by molar-refractivity contribution is 5.69. The lowest BCUT2D eigenvalue weighted by Gasteiger charge is -2.64. The van der Waals surface area contributed by atoms with Crippen molar-refractivity contribution in [1.29, 1.82) is 0 Å². The van der Waals surface area contributed by atoms with Gasteiger partial charge in [0.05, 0.1) is 13.2 Å². The van der Waals surface area contributed by atoms with Crippen LogP contribution >= 0.6 is 0 Å². The smallest absolute Gasteiger partial charge is 0.305 e. The summed E-state index contributed by atoms with van der Waals surface area (Å²) in [5, 5.41) is 11.8. The van der Waals surface area contributed by atoms with Crippen LogP contribution in [-0.2, 0) is 28.6 Å². The number of methoxy groups -OCH3 is 1. The molecule has 7 heteroatoms. The topological polar surface area (TPSA) is 99.1 Å². The van der Waals surface area contributed by atoms with Crippen LogP contribution in [0.25, 0.3) is 0 Å². The second kappa shape index (κ2) is 10.3. The highest BCUT2D eigenvalue weighted by Crippen LogP contribution is 2.68. The monoisotopic (exact) mass is 506 g/mol. The molecular formula is C29H46O7. The molecule has 0 aromatic carbocycles. The lowest BCUT2D eigenvalue weighted by molar-refractivity contribution is -0.218. The molecule has 1 N–H and O–H groups in total. The number of carbonyl (C=O) groups excluding carboxylic acids is 3. The molecule has 4 saturated carbocycles. The largest absolute Gasteiger partial charge is 0.469 e. The van der Waals surface area contributed by atoms with Gasteiger partial charge in [0.25, 0.3) is 0 Å². The Kier molecular flexibility index (Phi) is 7.81. The van der Waals surface area contributed by atoms with E-state index in [9.17, 15) is 19.5 Å². The van der Waals surface area contributed by atoms with Gasteiger partial charge >= 0.3 is 17.9 Å². The molecule has 4 aliphatic rings. The lowest BCUT2D eigenvalue weighted by Crippen LogP contribution is -2.63. The number of aliphatic hydroxyl groups is 1. The molecule has 11 atom stereocenters. The molecule has 4 fully saturated rings. The van der Waals surface area contributed by atoms with E-state index in [2.05, 4.69) is 20.8 Å². The highest BCUT2D eigenvalue weighted by atomic mass is 16.5. The SMILES string of the molecule is COC(=O)CC[C@H](C)[C@@H]1CC[C@@H]2[C@H]3[C@H](OC(C)=O)C[C@@H]4C[C@H](OC(C)=O)CC[C@]4(C)[C@H]3C[C@H](O)[C@@]21C. The zero-order valence-electron chi connectivity index (χ0n) is 23.0. The molecule has 36 heavy (non-hydrogen) atoms. The van der Waals surface area contributed by atoms with Gasteiger partial charge in [0.2, 0.25) is 0 Å². The Hall–Kier alpha value is -1.63. The maximum absolute atomic E-state index is 12.2. The summed E-state index contributed by atoms with van der Waals surface area (Å²) in [7, 11) is 1.43. The summed E-state index contributed by atoms with van der Waals surface area (Å²) in [6.45, 7) is 9.78. The van der Waals surface area contributed by atoms with E-state index in [1.165, 1.54) is 21.0 Å². The Morgan fingerprint density at radius 3 is 2.31 bits per heavy atom. The Morgan fingerprint density at radius 2 is 1.67 bits per heavy atom. The number of aliphatic hydroxyl groups excluding tert-OH is 1. The van der Waals surface area contributed by atoms with Gasteiger partial charge < -0.3 is 19.3 Å². The van der Waals surface area contributed by atoms with E-state index in [0.29, 0.717) is 24.7 Å². The van der Waals surface area contributed by atoms with Crippen LogP contribution in [0.15, 0.2) is 0 Å². The predicted octanol–water partition coefficient (Wildman–Crippen LogP) is 4.68. The minimum absolute atomic E-state index is 0.0227. The molecule has 4 aliphatic carbocycles. The first-order chi connectivity index (χ1) is 16.9. The summed E-state index contributed by atoms with van der Waals surface area (Å²) in [6, 6.07) is 0. The Labute approximate surface area is 216 Å². The fraction of sp³-hybridized carbons (Fsp3) is 0.897. The van der Waals surface area contributed by atoms with Crippen molar-refractivity contribution in [3.05, 3.63) is 0 Å². The molecule has 0 saturated heterocycles. The van der Waals surface area contributed by atoms with Gasteiger partial charge in [-0.3, -0.25) is 14.4 Å². The number of hydrogen-bond acceptors (Lipinski definition) is 7. The van der Waals surface area contributed by atoms with Gasteiger partial charge in [0.1, 0.15) is 12.2 Å². The van der Waals surface area contributed by atoms with E-state index < -0.39 is 6.10 Å². The number of carbonyl (C=O) groups is 3. The third-order valence-electron chi connectivity index (χ3n) is 11.2. The van der Waals surface area contributed by atoms with E-state index >= 15 is 0 Å². The molecule has 0 spiro atoms. The van der Waals surface area contributed by atoms with Gasteiger partial charge in [-0.1, -0.05) is 20.8 Å². The van der Waals surface area contributed by atoms with Gasteiger partial charge in [0, 0.05) is 26.2 Å². The molecule has 0 amide bonds. The fourth-order valence-corrected chi connectivity index (χ4v) is 9.42. The lowest BCUT2D eigenvalue weighted by atomic mass is 9.43. The summed E-state index contributed by atoms with van der Waals surface area (Å²) < 4.78 is 16.5. The maximum Gasteiger partial charge on any atom is 0.305 e. The van der Waals surface area contributed by atoms with E-state index in [0.717, 1.165) is 44.9 Å². The number of fused-ring (bicyclic) bond motifs is 5. The summed E-state index contributed by atoms with van der Waals surface area (Å²) in [5.74, 6) is 0.965. The van der Waals surface area contributed by atoms with Crippen LogP contribution in [0.5, 0.6) is 0 Å². The molecule has 204 valence electrons. The molecule has 0 radical (unpaired) electrons. The first-order valence-electron chi connectivity index (χ1n) is 14.0. The summed E-state index contributed by atoms with van der Waals surface area (Å²) in [5.41, 5.74) is -0.248. The predicted molar refractivity (Wildman–Crippen MR) is 134 cm³/mol. The third-order valence-corrected chi connectivity index (χ3v) is 11.2. The van der Waals surface area contributed by atoms with Crippen LogP contribution in [0.1, 0.15) is 92.4 Å². The van der Waals surface area contributed by atoms with Crippen molar-refractivity contribution >= 4 is 17.9 Å². The Morgan fingerprint density at radius 1 is 0.972 bits per heavy atom. The van der Waals surface area contributed by atoms with Crippen LogP contribution < -0.4 is 0 Å². The van der Waals surface area contributed by atoms with Crippen molar-refractivity contribution in [1.82, 2.24) is 0 Å². The second-order valence-corrected chi connectivity index (χ2v) is 12.8. The van der Waals surface area contributed by atoms with E-state index in [-0.39, 0.29) is 64.6 Å². The maximum atomic E-state index is 12.2. The van der Waals surface area contributed by atoms with Crippen molar-refractivity contribution in [3.8, 4) is 0 Å². The summed E-state index contributed by atoms with van der Waals surface area (Å²) in [4.78, 5) is 35.7. The standard InChI is InChI=1S/C29H46O7/c1-16(7-10-26(33)34-6)21-8-9-22-27-23(15-25(32)29(21,22)5)28(4)12-11-20(35-17(2)30)13-19(28)14-24(27)36-18(3)31/h16,19-25,27,32H,7-15H2,1-6H3/t16-,19-,20+,21-,22+,23-,24+,25-,27+,28-,29+/m0/s1. The minimum Gasteiger partial charge on any atom is -0.469 e. The highest BCUT2D eigenvalue weighted by Gasteiger charge is 2.66. The number of ether oxygens (including phenoxy) is 3. The average molecular weight is 507 g/mol. The van der Waals surface area contributed by atoms with Crippen molar-refractivity contribution in [2.45, 2.75) is 111 Å². The van der Waals surface area contributed by atoms with Gasteiger partial charge in [-0.2, -0.15) is 0 Å². The molecule has 0 aromatic heterocycles. The zero-order chi connectivity index (χ0) is 26.4.